The molecule has 0 aromatic heterocycles. The number of hydrogen-bond acceptors (Lipinski definition) is 2. The zero-order valence-electron chi connectivity index (χ0n) is 7.45. The van der Waals surface area contributed by atoms with Crippen molar-refractivity contribution in [3.05, 3.63) is 0 Å². The summed E-state index contributed by atoms with van der Waals surface area (Å²) in [5.74, 6) is -0.507. The molecule has 0 heterocycles. The smallest absolute Gasteiger partial charge is 0.303 e. The summed E-state index contributed by atoms with van der Waals surface area (Å²) in [6.07, 6.45) is 4.48. The normalized spacial score (nSPS) is 12.4. The summed E-state index contributed by atoms with van der Waals surface area (Å²) >= 11 is 0. The molecule has 0 saturated carbocycles. The van der Waals surface area contributed by atoms with E-state index in [0.29, 0.717) is 6.42 Å². The zero-order chi connectivity index (χ0) is 9.40. The second kappa shape index (κ2) is 6.83. The van der Waals surface area contributed by atoms with Crippen LogP contribution in [-0.4, -0.2) is 17.4 Å². The van der Waals surface area contributed by atoms with Gasteiger partial charge < -0.3 is 9.90 Å². The third kappa shape index (κ3) is 7.25. The minimum Gasteiger partial charge on any atom is -0.481 e. The lowest BCUT2D eigenvalue weighted by atomic mass is 10.0. The highest BCUT2D eigenvalue weighted by Gasteiger charge is 2.06. The quantitative estimate of drug-likeness (QED) is 0.471. The molecule has 70 valence electrons. The fourth-order valence-electron chi connectivity index (χ4n) is 1.12. The van der Waals surface area contributed by atoms with Crippen molar-refractivity contribution in [3.63, 3.8) is 0 Å². The molecule has 0 aliphatic heterocycles. The second-order valence-electron chi connectivity index (χ2n) is 3.15. The van der Waals surface area contributed by atoms with Crippen LogP contribution in [0, 0.1) is 5.92 Å². The van der Waals surface area contributed by atoms with Gasteiger partial charge in [-0.25, -0.2) is 0 Å². The van der Waals surface area contributed by atoms with Crippen molar-refractivity contribution in [1.29, 1.82) is 0 Å². The van der Waals surface area contributed by atoms with Crippen molar-refractivity contribution in [2.45, 2.75) is 39.0 Å². The Balaban J connectivity index is 3.24. The Bertz CT molecular complexity index is 143. The third-order valence-corrected chi connectivity index (χ3v) is 1.79. The number of unbranched alkanes of at least 4 members (excludes halogenated alkanes) is 2. The predicted molar refractivity (Wildman–Crippen MR) is 45.9 cm³/mol. The minimum absolute atomic E-state index is 0.231. The summed E-state index contributed by atoms with van der Waals surface area (Å²) in [6, 6.07) is 0. The van der Waals surface area contributed by atoms with Gasteiger partial charge in [0.25, 0.3) is 0 Å². The zero-order valence-corrected chi connectivity index (χ0v) is 7.45. The number of hydrogen-bond donors (Lipinski definition) is 1. The highest BCUT2D eigenvalue weighted by Crippen LogP contribution is 2.12. The largest absolute Gasteiger partial charge is 0.481 e. The maximum absolute atomic E-state index is 10.2. The van der Waals surface area contributed by atoms with Gasteiger partial charge in [0.2, 0.25) is 0 Å². The first-order valence-corrected chi connectivity index (χ1v) is 4.32. The summed E-state index contributed by atoms with van der Waals surface area (Å²) in [4.78, 5) is 20.2. The fourth-order valence-corrected chi connectivity index (χ4v) is 1.12. The lowest BCUT2D eigenvalue weighted by Crippen LogP contribution is -2.03. The molecule has 0 aliphatic rings. The van der Waals surface area contributed by atoms with Crippen LogP contribution in [0.1, 0.15) is 39.0 Å². The summed E-state index contributed by atoms with van der Waals surface area (Å²) in [6.45, 7) is 1.93. The molecule has 3 heteroatoms. The van der Waals surface area contributed by atoms with Gasteiger partial charge in [-0.05, 0) is 12.3 Å². The van der Waals surface area contributed by atoms with Crippen LogP contribution in [0.2, 0.25) is 0 Å². The van der Waals surface area contributed by atoms with E-state index in [1.807, 2.05) is 6.92 Å². The van der Waals surface area contributed by atoms with E-state index < -0.39 is 5.97 Å². The van der Waals surface area contributed by atoms with Gasteiger partial charge in [0.15, 0.2) is 0 Å². The fraction of sp³-hybridized carbons (Fsp3) is 0.778. The number of carboxylic acid groups (broad SMARTS) is 1. The number of rotatable bonds is 7. The highest BCUT2D eigenvalue weighted by molar-refractivity contribution is 5.66. The van der Waals surface area contributed by atoms with Crippen molar-refractivity contribution in [2.75, 3.05) is 0 Å². The van der Waals surface area contributed by atoms with Crippen LogP contribution in [0.15, 0.2) is 0 Å². The van der Waals surface area contributed by atoms with Crippen LogP contribution in [-0.2, 0) is 9.59 Å². The molecule has 3 nitrogen and oxygen atoms in total. The topological polar surface area (TPSA) is 54.4 Å². The molecule has 0 aromatic rings. The Morgan fingerprint density at radius 2 is 2.17 bits per heavy atom. The number of carboxylic acids is 1. The maximum atomic E-state index is 10.2. The van der Waals surface area contributed by atoms with E-state index in [-0.39, 0.29) is 12.3 Å². The minimum atomic E-state index is -0.738. The van der Waals surface area contributed by atoms with Crippen molar-refractivity contribution < 1.29 is 14.7 Å². The number of aliphatic carboxylic acids is 1. The molecule has 1 N–H and O–H groups in total. The van der Waals surface area contributed by atoms with Gasteiger partial charge in [0.1, 0.15) is 6.29 Å². The Morgan fingerprint density at radius 1 is 1.50 bits per heavy atom. The Morgan fingerprint density at radius 3 is 2.67 bits per heavy atom. The van der Waals surface area contributed by atoms with E-state index in [0.717, 1.165) is 25.5 Å². The molecule has 0 bridgehead atoms. The molecular weight excluding hydrogens is 156 g/mol. The average Bonchev–Trinajstić information content (AvgIpc) is 1.97. The van der Waals surface area contributed by atoms with Crippen molar-refractivity contribution in [3.8, 4) is 0 Å². The van der Waals surface area contributed by atoms with Gasteiger partial charge in [-0.3, -0.25) is 4.79 Å². The van der Waals surface area contributed by atoms with E-state index in [4.69, 9.17) is 5.11 Å². The number of aldehydes is 1. The third-order valence-electron chi connectivity index (χ3n) is 1.79. The summed E-state index contributed by atoms with van der Waals surface area (Å²) in [5, 5.41) is 8.43. The summed E-state index contributed by atoms with van der Waals surface area (Å²) in [7, 11) is 0. The molecule has 0 rings (SSSR count). The maximum Gasteiger partial charge on any atom is 0.303 e. The monoisotopic (exact) mass is 172 g/mol. The summed E-state index contributed by atoms with van der Waals surface area (Å²) in [5.41, 5.74) is 0. The Labute approximate surface area is 72.8 Å². The SMILES string of the molecule is CC(CCCCC=O)CC(=O)O. The lowest BCUT2D eigenvalue weighted by Gasteiger charge is -2.06. The van der Waals surface area contributed by atoms with Crippen molar-refractivity contribution in [2.24, 2.45) is 5.92 Å². The van der Waals surface area contributed by atoms with Crippen LogP contribution < -0.4 is 0 Å². The molecular formula is C9H16O3. The van der Waals surface area contributed by atoms with Crippen LogP contribution in [0.3, 0.4) is 0 Å². The van der Waals surface area contributed by atoms with Gasteiger partial charge >= 0.3 is 5.97 Å². The molecule has 1 unspecified atom stereocenters. The van der Waals surface area contributed by atoms with Gasteiger partial charge in [-0.2, -0.15) is 0 Å². The second-order valence-corrected chi connectivity index (χ2v) is 3.15. The number of carbonyl (C=O) groups is 2. The van der Waals surface area contributed by atoms with E-state index in [1.54, 1.807) is 0 Å². The molecule has 0 aromatic carbocycles. The van der Waals surface area contributed by atoms with Crippen molar-refractivity contribution >= 4 is 12.3 Å². The van der Waals surface area contributed by atoms with Crippen LogP contribution >= 0.6 is 0 Å². The van der Waals surface area contributed by atoms with E-state index in [1.165, 1.54) is 0 Å². The lowest BCUT2D eigenvalue weighted by molar-refractivity contribution is -0.138. The van der Waals surface area contributed by atoms with Gasteiger partial charge in [-0.1, -0.05) is 19.8 Å². The molecule has 12 heavy (non-hydrogen) atoms. The Hall–Kier alpha value is -0.860. The molecule has 0 spiro atoms. The molecule has 0 saturated heterocycles. The van der Waals surface area contributed by atoms with Crippen LogP contribution in [0.4, 0.5) is 0 Å². The first-order valence-electron chi connectivity index (χ1n) is 4.32. The Kier molecular flexibility index (Phi) is 6.34. The van der Waals surface area contributed by atoms with Crippen LogP contribution in [0.5, 0.6) is 0 Å². The number of carbonyl (C=O) groups excluding carboxylic acids is 1. The van der Waals surface area contributed by atoms with E-state index in [9.17, 15) is 9.59 Å². The average molecular weight is 172 g/mol. The van der Waals surface area contributed by atoms with Crippen molar-refractivity contribution in [1.82, 2.24) is 0 Å². The summed E-state index contributed by atoms with van der Waals surface area (Å²) < 4.78 is 0. The van der Waals surface area contributed by atoms with Gasteiger partial charge in [0.05, 0.1) is 0 Å². The highest BCUT2D eigenvalue weighted by atomic mass is 16.4. The van der Waals surface area contributed by atoms with E-state index >= 15 is 0 Å². The van der Waals surface area contributed by atoms with Crippen LogP contribution in [0.25, 0.3) is 0 Å². The standard InChI is InChI=1S/C9H16O3/c1-8(7-9(11)12)5-3-2-4-6-10/h6,8H,2-5,7H2,1H3,(H,11,12). The molecule has 0 fully saturated rings. The molecule has 0 radical (unpaired) electrons. The van der Waals surface area contributed by atoms with Gasteiger partial charge in [-0.15, -0.1) is 0 Å². The first-order chi connectivity index (χ1) is 5.66. The molecule has 1 atom stereocenters. The molecule has 0 aliphatic carbocycles. The molecule has 0 amide bonds. The first kappa shape index (κ1) is 11.1. The van der Waals surface area contributed by atoms with Gasteiger partial charge in [0, 0.05) is 12.8 Å². The predicted octanol–water partition coefficient (Wildman–Crippen LogP) is 1.86. The van der Waals surface area contributed by atoms with E-state index in [2.05, 4.69) is 0 Å².